The molecule has 0 atom stereocenters. The van der Waals surface area contributed by atoms with Crippen LogP contribution in [0.4, 0.5) is 5.00 Å². The Kier molecular flexibility index (Phi) is 2.12. The molecular weight excluding hydrogens is 234 g/mol. The summed E-state index contributed by atoms with van der Waals surface area (Å²) in [5.41, 5.74) is 8.17. The van der Waals surface area contributed by atoms with Crippen molar-refractivity contribution in [2.75, 3.05) is 5.73 Å². The van der Waals surface area contributed by atoms with Crippen LogP contribution in [-0.2, 0) is 0 Å². The number of nitrogens with zero attached hydrogens (tertiary/aromatic N) is 4. The molecule has 0 spiro atoms. The van der Waals surface area contributed by atoms with Gasteiger partial charge in [-0.25, -0.2) is 4.98 Å². The van der Waals surface area contributed by atoms with Crippen LogP contribution in [0.5, 0.6) is 0 Å². The topological polar surface area (TPSA) is 69.1 Å². The van der Waals surface area contributed by atoms with E-state index in [0.717, 1.165) is 22.0 Å². The fourth-order valence-corrected chi connectivity index (χ4v) is 2.78. The lowest BCUT2D eigenvalue weighted by atomic mass is 10.1. The van der Waals surface area contributed by atoms with E-state index in [1.54, 1.807) is 17.5 Å². The number of nitrogens with two attached hydrogens (primary N) is 1. The van der Waals surface area contributed by atoms with Crippen molar-refractivity contribution < 1.29 is 0 Å². The predicted octanol–water partition coefficient (Wildman–Crippen LogP) is 2.05. The van der Waals surface area contributed by atoms with Gasteiger partial charge >= 0.3 is 0 Å². The summed E-state index contributed by atoms with van der Waals surface area (Å²) in [4.78, 5) is 5.35. The monoisotopic (exact) mass is 245 g/mol. The molecule has 0 radical (unpaired) electrons. The summed E-state index contributed by atoms with van der Waals surface area (Å²) in [5, 5.41) is 8.99. The summed E-state index contributed by atoms with van der Waals surface area (Å²) >= 11 is 1.58. The lowest BCUT2D eigenvalue weighted by Crippen LogP contribution is -1.93. The molecule has 3 aromatic heterocycles. The standard InChI is InChI=1S/C11H11N5S/c1-6-7(2)17-9(12)8(6)10-14-15-11-13-4-3-5-16(10)11/h3-5H,12H2,1-2H3. The number of rotatable bonds is 1. The van der Waals surface area contributed by atoms with E-state index in [1.807, 2.05) is 16.7 Å². The van der Waals surface area contributed by atoms with Crippen LogP contribution in [0.1, 0.15) is 10.4 Å². The average Bonchev–Trinajstić information content (AvgIpc) is 2.82. The van der Waals surface area contributed by atoms with Crippen LogP contribution < -0.4 is 5.73 Å². The molecule has 0 unspecified atom stereocenters. The van der Waals surface area contributed by atoms with Crippen molar-refractivity contribution in [3.63, 3.8) is 0 Å². The molecule has 0 amide bonds. The first-order valence-corrected chi connectivity index (χ1v) is 6.01. The average molecular weight is 245 g/mol. The van der Waals surface area contributed by atoms with Gasteiger partial charge in [-0.3, -0.25) is 4.40 Å². The Bertz CT molecular complexity index is 697. The Labute approximate surface area is 102 Å². The molecule has 0 aromatic carbocycles. The molecule has 0 fully saturated rings. The van der Waals surface area contributed by atoms with Crippen LogP contribution >= 0.6 is 11.3 Å². The highest BCUT2D eigenvalue weighted by Crippen LogP contribution is 2.36. The molecule has 3 aromatic rings. The van der Waals surface area contributed by atoms with Gasteiger partial charge in [0.25, 0.3) is 5.78 Å². The quantitative estimate of drug-likeness (QED) is 0.712. The zero-order valence-electron chi connectivity index (χ0n) is 9.51. The van der Waals surface area contributed by atoms with Gasteiger partial charge in [-0.05, 0) is 25.5 Å². The van der Waals surface area contributed by atoms with Crippen LogP contribution in [0.2, 0.25) is 0 Å². The zero-order chi connectivity index (χ0) is 12.0. The van der Waals surface area contributed by atoms with Gasteiger partial charge in [0, 0.05) is 17.3 Å². The molecule has 3 heterocycles. The molecule has 3 rings (SSSR count). The van der Waals surface area contributed by atoms with E-state index in [0.29, 0.717) is 5.78 Å². The lowest BCUT2D eigenvalue weighted by Gasteiger charge is -2.00. The summed E-state index contributed by atoms with van der Waals surface area (Å²) in [7, 11) is 0. The van der Waals surface area contributed by atoms with E-state index in [-0.39, 0.29) is 0 Å². The van der Waals surface area contributed by atoms with Crippen molar-refractivity contribution in [3.8, 4) is 11.4 Å². The largest absolute Gasteiger partial charge is 0.390 e. The Balaban J connectivity index is 2.35. The highest BCUT2D eigenvalue weighted by Gasteiger charge is 2.17. The van der Waals surface area contributed by atoms with Crippen LogP contribution in [0.15, 0.2) is 18.5 Å². The van der Waals surface area contributed by atoms with E-state index in [9.17, 15) is 0 Å². The van der Waals surface area contributed by atoms with E-state index in [1.165, 1.54) is 4.88 Å². The number of hydrogen-bond donors (Lipinski definition) is 1. The molecule has 0 aliphatic carbocycles. The fourth-order valence-electron chi connectivity index (χ4n) is 1.84. The molecule has 86 valence electrons. The normalized spacial score (nSPS) is 11.2. The van der Waals surface area contributed by atoms with Crippen molar-refractivity contribution >= 4 is 22.1 Å². The maximum atomic E-state index is 6.04. The molecular formula is C11H11N5S. The van der Waals surface area contributed by atoms with Crippen molar-refractivity contribution in [2.45, 2.75) is 13.8 Å². The van der Waals surface area contributed by atoms with Gasteiger partial charge in [-0.15, -0.1) is 21.5 Å². The van der Waals surface area contributed by atoms with Gasteiger partial charge in [0.05, 0.1) is 10.6 Å². The van der Waals surface area contributed by atoms with Gasteiger partial charge in [0.1, 0.15) is 0 Å². The number of anilines is 1. The van der Waals surface area contributed by atoms with E-state index in [4.69, 9.17) is 5.73 Å². The molecule has 0 saturated heterocycles. The SMILES string of the molecule is Cc1sc(N)c(-c2nnc3ncccn23)c1C. The second kappa shape index (κ2) is 3.53. The summed E-state index contributed by atoms with van der Waals surface area (Å²) in [6.07, 6.45) is 3.59. The number of aromatic nitrogens is 4. The smallest absolute Gasteiger partial charge is 0.255 e. The van der Waals surface area contributed by atoms with Crippen molar-refractivity contribution in [1.29, 1.82) is 0 Å². The molecule has 5 nitrogen and oxygen atoms in total. The highest BCUT2D eigenvalue weighted by molar-refractivity contribution is 7.16. The minimum atomic E-state index is 0.588. The third kappa shape index (κ3) is 1.41. The number of aryl methyl sites for hydroxylation is 1. The Hall–Kier alpha value is -1.95. The van der Waals surface area contributed by atoms with Crippen LogP contribution in [0.25, 0.3) is 17.2 Å². The van der Waals surface area contributed by atoms with Gasteiger partial charge in [-0.2, -0.15) is 0 Å². The van der Waals surface area contributed by atoms with Crippen molar-refractivity contribution in [2.24, 2.45) is 0 Å². The predicted molar refractivity (Wildman–Crippen MR) is 68.0 cm³/mol. The fraction of sp³-hybridized carbons (Fsp3) is 0.182. The van der Waals surface area contributed by atoms with Gasteiger partial charge in [-0.1, -0.05) is 0 Å². The van der Waals surface area contributed by atoms with E-state index >= 15 is 0 Å². The first-order chi connectivity index (χ1) is 8.18. The third-order valence-corrected chi connectivity index (χ3v) is 3.86. The second-order valence-electron chi connectivity index (χ2n) is 3.84. The third-order valence-electron chi connectivity index (χ3n) is 2.83. The van der Waals surface area contributed by atoms with E-state index < -0.39 is 0 Å². The first-order valence-electron chi connectivity index (χ1n) is 5.20. The number of nitrogen functional groups attached to an aromatic ring is 1. The first kappa shape index (κ1) is 10.2. The summed E-state index contributed by atoms with van der Waals surface area (Å²) < 4.78 is 1.85. The maximum absolute atomic E-state index is 6.04. The van der Waals surface area contributed by atoms with E-state index in [2.05, 4.69) is 29.0 Å². The minimum Gasteiger partial charge on any atom is -0.390 e. The minimum absolute atomic E-state index is 0.588. The Morgan fingerprint density at radius 1 is 1.29 bits per heavy atom. The van der Waals surface area contributed by atoms with Gasteiger partial charge in [0.15, 0.2) is 5.82 Å². The molecule has 0 bridgehead atoms. The molecule has 0 saturated carbocycles. The Morgan fingerprint density at radius 2 is 2.12 bits per heavy atom. The highest BCUT2D eigenvalue weighted by atomic mass is 32.1. The summed E-state index contributed by atoms with van der Waals surface area (Å²) in [6, 6.07) is 1.85. The number of fused-ring (bicyclic) bond motifs is 1. The summed E-state index contributed by atoms with van der Waals surface area (Å²) in [5.74, 6) is 1.35. The summed E-state index contributed by atoms with van der Waals surface area (Å²) in [6.45, 7) is 4.11. The zero-order valence-corrected chi connectivity index (χ0v) is 10.3. The number of thiophene rings is 1. The van der Waals surface area contributed by atoms with Gasteiger partial charge in [0.2, 0.25) is 0 Å². The molecule has 6 heteroatoms. The van der Waals surface area contributed by atoms with Crippen LogP contribution in [-0.4, -0.2) is 19.6 Å². The lowest BCUT2D eigenvalue weighted by molar-refractivity contribution is 1.10. The van der Waals surface area contributed by atoms with Crippen LogP contribution in [0, 0.1) is 13.8 Å². The second-order valence-corrected chi connectivity index (χ2v) is 5.09. The van der Waals surface area contributed by atoms with Crippen molar-refractivity contribution in [3.05, 3.63) is 28.9 Å². The molecule has 0 aliphatic rings. The maximum Gasteiger partial charge on any atom is 0.255 e. The molecule has 17 heavy (non-hydrogen) atoms. The Morgan fingerprint density at radius 3 is 2.82 bits per heavy atom. The number of hydrogen-bond acceptors (Lipinski definition) is 5. The molecule has 2 N–H and O–H groups in total. The van der Waals surface area contributed by atoms with Crippen molar-refractivity contribution in [1.82, 2.24) is 19.6 Å². The molecule has 0 aliphatic heterocycles. The van der Waals surface area contributed by atoms with Gasteiger partial charge < -0.3 is 5.73 Å². The van der Waals surface area contributed by atoms with Crippen LogP contribution in [0.3, 0.4) is 0 Å².